The van der Waals surface area contributed by atoms with Crippen molar-refractivity contribution in [2.75, 3.05) is 113 Å². The van der Waals surface area contributed by atoms with Crippen LogP contribution in [0.1, 0.15) is 0 Å². The Bertz CT molecular complexity index is 739. The Morgan fingerprint density at radius 2 is 0.450 bits per heavy atom. The Kier molecular flexibility index (Phi) is 22.8. The molecule has 0 saturated carbocycles. The van der Waals surface area contributed by atoms with Crippen LogP contribution in [0.15, 0.2) is 0 Å². The molecular weight excluding hydrogens is 631 g/mol. The van der Waals surface area contributed by atoms with E-state index >= 15 is 0 Å². The summed E-state index contributed by atoms with van der Waals surface area (Å²) in [5.74, 6) is 0. The molecule has 0 aromatic carbocycles. The van der Waals surface area contributed by atoms with Gasteiger partial charge in [0.05, 0.1) is 0 Å². The summed E-state index contributed by atoms with van der Waals surface area (Å²) in [5, 5.41) is 0. The number of hydrogen-bond acceptors (Lipinski definition) is 10. The molecule has 0 aliphatic rings. The topological polar surface area (TPSA) is 205 Å². The number of nitrogens with zero attached hydrogens (tertiary/aromatic N) is 8. The van der Waals surface area contributed by atoms with Gasteiger partial charge in [-0.05, 0) is 113 Å². The maximum Gasteiger partial charge on any atom is 1.00 e. The van der Waals surface area contributed by atoms with E-state index in [1.807, 2.05) is 0 Å². The molecule has 0 spiro atoms. The van der Waals surface area contributed by atoms with E-state index in [0.717, 1.165) is 0 Å². The SMILES string of the molecule is CN(C)P(=O)(OP(=O)(N(C)C)N(C)C)N(C)C.CN(C)P(=O)(OP(=O)(N(C)C)N(C)C)N(C)C.[Li+].[O-][Cl+3]([O-])([O-])[O-]. The van der Waals surface area contributed by atoms with Crippen molar-refractivity contribution in [1.29, 1.82) is 0 Å². The van der Waals surface area contributed by atoms with E-state index in [9.17, 15) is 18.3 Å². The molecule has 0 rings (SSSR count). The largest absolute Gasteiger partial charge is 1.00 e. The van der Waals surface area contributed by atoms with E-state index in [4.69, 9.17) is 27.3 Å². The summed E-state index contributed by atoms with van der Waals surface area (Å²) in [6.07, 6.45) is 0. The molecule has 24 heteroatoms. The summed E-state index contributed by atoms with van der Waals surface area (Å²) in [4.78, 5) is 0. The van der Waals surface area contributed by atoms with Gasteiger partial charge in [-0.2, -0.15) is 0 Å². The normalized spacial score (nSPS) is 13.7. The fraction of sp³-hybridized carbons (Fsp3) is 1.00. The minimum atomic E-state index is -4.94. The molecule has 0 aromatic heterocycles. The van der Waals surface area contributed by atoms with Gasteiger partial charge in [-0.3, -0.25) is 18.3 Å². The van der Waals surface area contributed by atoms with Crippen LogP contribution in [0.3, 0.4) is 0 Å². The molecule has 0 amide bonds. The molecule has 0 aliphatic heterocycles. The Hall–Kier alpha value is 1.25. The van der Waals surface area contributed by atoms with Crippen molar-refractivity contribution >= 4 is 30.7 Å². The Balaban J connectivity index is -0.000000271. The summed E-state index contributed by atoms with van der Waals surface area (Å²) >= 11 is 0. The third kappa shape index (κ3) is 15.3. The van der Waals surface area contributed by atoms with Gasteiger partial charge in [-0.15, -0.1) is 10.2 Å². The Morgan fingerprint density at radius 1 is 0.375 bits per heavy atom. The first kappa shape index (κ1) is 48.2. The van der Waals surface area contributed by atoms with Gasteiger partial charge in [-0.25, -0.2) is 64.6 Å². The molecule has 0 N–H and O–H groups in total. The minimum absolute atomic E-state index is 0. The Morgan fingerprint density at radius 3 is 0.500 bits per heavy atom. The van der Waals surface area contributed by atoms with Crippen molar-refractivity contribution in [3.8, 4) is 0 Å². The molecule has 0 unspecified atom stereocenters. The third-order valence-corrected chi connectivity index (χ3v) is 16.0. The van der Waals surface area contributed by atoms with Gasteiger partial charge in [0.2, 0.25) is 0 Å². The van der Waals surface area contributed by atoms with E-state index in [-0.39, 0.29) is 18.9 Å². The molecule has 0 aliphatic carbocycles. The monoisotopic (exact) mass is 678 g/mol. The summed E-state index contributed by atoms with van der Waals surface area (Å²) < 4.78 is 107. The molecule has 0 bridgehead atoms. The second-order valence-electron chi connectivity index (χ2n) is 9.28. The van der Waals surface area contributed by atoms with Crippen LogP contribution in [0.5, 0.6) is 0 Å². The van der Waals surface area contributed by atoms with Gasteiger partial charge in [-0.1, -0.05) is 0 Å². The fourth-order valence-electron chi connectivity index (χ4n) is 2.29. The Labute approximate surface area is 254 Å². The standard InChI is InChI=1S/2C8H24N4O3P2.ClHO4.Li/c2*1-9(2)16(13,10(3)4)15-17(14,11(5)6)12(7)8;2-1(3,4)5;/h2*1-8H3;(H,2,3,4,5);/q;;;+1/p-1. The predicted molar refractivity (Wildman–Crippen MR) is 142 cm³/mol. The molecule has 0 heterocycles. The van der Waals surface area contributed by atoms with E-state index < -0.39 is 40.9 Å². The van der Waals surface area contributed by atoms with Crippen molar-refractivity contribution < 1.29 is 74.6 Å². The molecule has 40 heavy (non-hydrogen) atoms. The molecular formula is C16H48ClLiN8O10P4. The molecule has 0 radical (unpaired) electrons. The van der Waals surface area contributed by atoms with Gasteiger partial charge in [0, 0.05) is 0 Å². The van der Waals surface area contributed by atoms with Crippen LogP contribution in [-0.2, 0) is 26.9 Å². The third-order valence-electron chi connectivity index (χ3n) is 4.47. The first-order chi connectivity index (χ1) is 17.0. The van der Waals surface area contributed by atoms with Crippen LogP contribution in [-0.4, -0.2) is 150 Å². The van der Waals surface area contributed by atoms with Crippen LogP contribution in [0, 0.1) is 10.2 Å². The quantitative estimate of drug-likeness (QED) is 0.140. The molecule has 18 nitrogen and oxygen atoms in total. The van der Waals surface area contributed by atoms with Crippen LogP contribution < -0.4 is 37.5 Å². The minimum Gasteiger partial charge on any atom is -0.255 e. The van der Waals surface area contributed by atoms with E-state index in [0.29, 0.717) is 0 Å². The van der Waals surface area contributed by atoms with Gasteiger partial charge in [0.15, 0.2) is 0 Å². The van der Waals surface area contributed by atoms with E-state index in [1.165, 1.54) is 37.4 Å². The van der Waals surface area contributed by atoms with E-state index in [1.54, 1.807) is 113 Å². The number of halogens is 1. The van der Waals surface area contributed by atoms with Crippen molar-refractivity contribution in [1.82, 2.24) is 37.4 Å². The average Bonchev–Trinajstić information content (AvgIpc) is 2.71. The predicted octanol–water partition coefficient (Wildman–Crippen LogP) is -4.82. The van der Waals surface area contributed by atoms with Crippen LogP contribution in [0.25, 0.3) is 0 Å². The molecule has 0 atom stereocenters. The van der Waals surface area contributed by atoms with Crippen molar-refractivity contribution in [2.45, 2.75) is 0 Å². The summed E-state index contributed by atoms with van der Waals surface area (Å²) in [6, 6.07) is 0. The van der Waals surface area contributed by atoms with Crippen molar-refractivity contribution in [2.24, 2.45) is 0 Å². The van der Waals surface area contributed by atoms with Crippen LogP contribution in [0.4, 0.5) is 0 Å². The molecule has 240 valence electrons. The molecule has 0 fully saturated rings. The number of hydrogen-bond donors (Lipinski definition) is 0. The zero-order valence-electron chi connectivity index (χ0n) is 26.8. The summed E-state index contributed by atoms with van der Waals surface area (Å²) in [7, 11) is 8.13. The van der Waals surface area contributed by atoms with Crippen molar-refractivity contribution in [3.63, 3.8) is 0 Å². The van der Waals surface area contributed by atoms with Gasteiger partial charge < -0.3 is 0 Å². The second-order valence-corrected chi connectivity index (χ2v) is 21.7. The van der Waals surface area contributed by atoms with Gasteiger partial charge in [0.1, 0.15) is 0 Å². The zero-order valence-corrected chi connectivity index (χ0v) is 31.2. The number of rotatable bonds is 12. The van der Waals surface area contributed by atoms with Crippen LogP contribution in [0.2, 0.25) is 0 Å². The van der Waals surface area contributed by atoms with Crippen LogP contribution >= 0.6 is 30.7 Å². The fourth-order valence-corrected chi connectivity index (χ4v) is 12.0. The first-order valence-corrected chi connectivity index (χ1v) is 18.2. The average molecular weight is 679 g/mol. The maximum absolute atomic E-state index is 12.6. The summed E-state index contributed by atoms with van der Waals surface area (Å²) in [5.41, 5.74) is 0. The maximum atomic E-state index is 12.6. The summed E-state index contributed by atoms with van der Waals surface area (Å²) in [6.45, 7) is 0. The van der Waals surface area contributed by atoms with Gasteiger partial charge in [0.25, 0.3) is 0 Å². The smallest absolute Gasteiger partial charge is 0.255 e. The van der Waals surface area contributed by atoms with Gasteiger partial charge >= 0.3 is 49.5 Å². The first-order valence-electron chi connectivity index (χ1n) is 10.8. The molecule has 0 saturated heterocycles. The second kappa shape index (κ2) is 18.9. The van der Waals surface area contributed by atoms with E-state index in [2.05, 4.69) is 0 Å². The molecule has 0 aromatic rings. The zero-order chi connectivity index (χ0) is 32.5. The van der Waals surface area contributed by atoms with Crippen molar-refractivity contribution in [3.05, 3.63) is 0 Å².